The number of halogens is 1. The van der Waals surface area contributed by atoms with Crippen molar-refractivity contribution in [2.75, 3.05) is 37.8 Å². The first kappa shape index (κ1) is 18.1. The fourth-order valence-electron chi connectivity index (χ4n) is 3.03. The molecule has 2 heterocycles. The highest BCUT2D eigenvalue weighted by molar-refractivity contribution is 8.00. The van der Waals surface area contributed by atoms with Crippen LogP contribution in [0.5, 0.6) is 0 Å². The number of amides is 2. The van der Waals surface area contributed by atoms with Gasteiger partial charge in [-0.1, -0.05) is 0 Å². The van der Waals surface area contributed by atoms with E-state index in [1.165, 1.54) is 11.8 Å². The Labute approximate surface area is 147 Å². The van der Waals surface area contributed by atoms with E-state index >= 15 is 0 Å². The van der Waals surface area contributed by atoms with E-state index in [0.29, 0.717) is 17.2 Å². The third-order valence-corrected chi connectivity index (χ3v) is 5.33. The van der Waals surface area contributed by atoms with E-state index in [0.717, 1.165) is 43.1 Å². The van der Waals surface area contributed by atoms with E-state index in [9.17, 15) is 9.59 Å². The Morgan fingerprint density at radius 2 is 2.13 bits per heavy atom. The van der Waals surface area contributed by atoms with Gasteiger partial charge in [0.15, 0.2) is 0 Å². The number of hydrogen-bond acceptors (Lipinski definition) is 4. The summed E-state index contributed by atoms with van der Waals surface area (Å²) in [7, 11) is 1.97. The second-order valence-corrected chi connectivity index (χ2v) is 6.86. The normalized spacial score (nSPS) is 18.0. The standard InChI is InChI=1S/C16H21N3O2S.ClH/c1-17-9-11-4-6-19(7-5-11)16(21)12-2-3-14-13(8-12)18-15(20)10-22-14;/h2-3,8,11,17H,4-7,9-10H2,1H3,(H,18,20);1H. The first-order chi connectivity index (χ1) is 10.7. The van der Waals surface area contributed by atoms with Crippen molar-refractivity contribution >= 4 is 41.7 Å². The molecule has 2 aliphatic rings. The fourth-order valence-corrected chi connectivity index (χ4v) is 3.82. The maximum absolute atomic E-state index is 12.6. The van der Waals surface area contributed by atoms with E-state index in [1.54, 1.807) is 6.07 Å². The van der Waals surface area contributed by atoms with Crippen molar-refractivity contribution < 1.29 is 9.59 Å². The van der Waals surface area contributed by atoms with Crippen molar-refractivity contribution in [2.45, 2.75) is 17.7 Å². The van der Waals surface area contributed by atoms with Crippen molar-refractivity contribution in [1.29, 1.82) is 0 Å². The van der Waals surface area contributed by atoms with Crippen LogP contribution in [0.15, 0.2) is 23.1 Å². The summed E-state index contributed by atoms with van der Waals surface area (Å²) in [6.45, 7) is 2.64. The SMILES string of the molecule is CNCC1CCN(C(=O)c2ccc3c(c2)NC(=O)CS3)CC1.Cl. The number of rotatable bonds is 3. The lowest BCUT2D eigenvalue weighted by Gasteiger charge is -2.32. The molecule has 1 saturated heterocycles. The Morgan fingerprint density at radius 3 is 2.83 bits per heavy atom. The molecule has 2 amide bonds. The Bertz CT molecular complexity index is 589. The second kappa shape index (κ2) is 8.04. The summed E-state index contributed by atoms with van der Waals surface area (Å²) in [5.41, 5.74) is 1.42. The van der Waals surface area contributed by atoms with Crippen LogP contribution in [0.4, 0.5) is 5.69 Å². The van der Waals surface area contributed by atoms with Crippen molar-refractivity contribution in [3.63, 3.8) is 0 Å². The molecule has 0 bridgehead atoms. The molecule has 1 aromatic carbocycles. The topological polar surface area (TPSA) is 61.4 Å². The summed E-state index contributed by atoms with van der Waals surface area (Å²) in [6.07, 6.45) is 2.09. The third-order valence-electron chi connectivity index (χ3n) is 4.25. The summed E-state index contributed by atoms with van der Waals surface area (Å²) in [6, 6.07) is 5.60. The van der Waals surface area contributed by atoms with Gasteiger partial charge >= 0.3 is 0 Å². The number of nitrogens with one attached hydrogen (secondary N) is 2. The quantitative estimate of drug-likeness (QED) is 0.872. The summed E-state index contributed by atoms with van der Waals surface area (Å²) in [5.74, 6) is 1.16. The van der Waals surface area contributed by atoms with Gasteiger partial charge in [-0.05, 0) is 50.6 Å². The molecule has 5 nitrogen and oxygen atoms in total. The first-order valence-electron chi connectivity index (χ1n) is 7.68. The van der Waals surface area contributed by atoms with Gasteiger partial charge in [0, 0.05) is 23.5 Å². The Kier molecular flexibility index (Phi) is 6.33. The van der Waals surface area contributed by atoms with Gasteiger partial charge < -0.3 is 15.5 Å². The number of benzene rings is 1. The van der Waals surface area contributed by atoms with Crippen LogP contribution in [0.25, 0.3) is 0 Å². The fraction of sp³-hybridized carbons (Fsp3) is 0.500. The molecule has 0 aliphatic carbocycles. The second-order valence-electron chi connectivity index (χ2n) is 5.84. The van der Waals surface area contributed by atoms with Gasteiger partial charge in [0.1, 0.15) is 0 Å². The zero-order chi connectivity index (χ0) is 15.5. The van der Waals surface area contributed by atoms with Gasteiger partial charge in [0.25, 0.3) is 5.91 Å². The first-order valence-corrected chi connectivity index (χ1v) is 8.66. The van der Waals surface area contributed by atoms with Crippen LogP contribution in [0.3, 0.4) is 0 Å². The highest BCUT2D eigenvalue weighted by Crippen LogP contribution is 2.32. The van der Waals surface area contributed by atoms with E-state index in [2.05, 4.69) is 10.6 Å². The maximum atomic E-state index is 12.6. The average molecular weight is 356 g/mol. The van der Waals surface area contributed by atoms with Crippen molar-refractivity contribution in [2.24, 2.45) is 5.92 Å². The van der Waals surface area contributed by atoms with E-state index < -0.39 is 0 Å². The minimum absolute atomic E-state index is 0. The number of piperidine rings is 1. The van der Waals surface area contributed by atoms with Gasteiger partial charge in [-0.25, -0.2) is 0 Å². The molecule has 3 rings (SSSR count). The minimum atomic E-state index is -0.00465. The molecule has 2 aliphatic heterocycles. The molecule has 23 heavy (non-hydrogen) atoms. The minimum Gasteiger partial charge on any atom is -0.339 e. The Morgan fingerprint density at radius 1 is 1.39 bits per heavy atom. The van der Waals surface area contributed by atoms with Crippen molar-refractivity contribution in [3.05, 3.63) is 23.8 Å². The number of thioether (sulfide) groups is 1. The van der Waals surface area contributed by atoms with Crippen LogP contribution in [0.2, 0.25) is 0 Å². The average Bonchev–Trinajstić information content (AvgIpc) is 2.54. The van der Waals surface area contributed by atoms with Gasteiger partial charge in [-0.3, -0.25) is 9.59 Å². The molecule has 0 atom stereocenters. The zero-order valence-electron chi connectivity index (χ0n) is 13.1. The van der Waals surface area contributed by atoms with Crippen LogP contribution in [-0.2, 0) is 4.79 Å². The van der Waals surface area contributed by atoms with Gasteiger partial charge in [-0.2, -0.15) is 0 Å². The third kappa shape index (κ3) is 4.19. The number of anilines is 1. The highest BCUT2D eigenvalue weighted by Gasteiger charge is 2.24. The zero-order valence-corrected chi connectivity index (χ0v) is 14.8. The van der Waals surface area contributed by atoms with Gasteiger partial charge in [0.05, 0.1) is 11.4 Å². The number of fused-ring (bicyclic) bond motifs is 1. The molecule has 2 N–H and O–H groups in total. The highest BCUT2D eigenvalue weighted by atomic mass is 35.5. The molecule has 0 spiro atoms. The molecule has 126 valence electrons. The smallest absolute Gasteiger partial charge is 0.253 e. The van der Waals surface area contributed by atoms with Gasteiger partial charge in [0.2, 0.25) is 5.91 Å². The lowest BCUT2D eigenvalue weighted by molar-refractivity contribution is -0.113. The van der Waals surface area contributed by atoms with Gasteiger partial charge in [-0.15, -0.1) is 24.2 Å². The summed E-state index contributed by atoms with van der Waals surface area (Å²) < 4.78 is 0. The van der Waals surface area contributed by atoms with Crippen molar-refractivity contribution in [3.8, 4) is 0 Å². The molecule has 1 aromatic rings. The van der Waals surface area contributed by atoms with E-state index in [4.69, 9.17) is 0 Å². The Hall–Kier alpha value is -1.24. The van der Waals surface area contributed by atoms with Crippen LogP contribution in [-0.4, -0.2) is 49.1 Å². The Balaban J connectivity index is 0.00000192. The number of carbonyl (C=O) groups excluding carboxylic acids is 2. The van der Waals surface area contributed by atoms with Crippen LogP contribution >= 0.6 is 24.2 Å². The largest absolute Gasteiger partial charge is 0.339 e. The van der Waals surface area contributed by atoms with E-state index in [1.807, 2.05) is 24.1 Å². The summed E-state index contributed by atoms with van der Waals surface area (Å²) >= 11 is 1.51. The monoisotopic (exact) mass is 355 g/mol. The molecule has 0 unspecified atom stereocenters. The van der Waals surface area contributed by atoms with E-state index in [-0.39, 0.29) is 24.2 Å². The molecule has 0 aromatic heterocycles. The predicted molar refractivity (Wildman–Crippen MR) is 95.6 cm³/mol. The summed E-state index contributed by atoms with van der Waals surface area (Å²) in [5, 5.41) is 6.05. The number of nitrogens with zero attached hydrogens (tertiary/aromatic N) is 1. The molecular formula is C16H22ClN3O2S. The van der Waals surface area contributed by atoms with Crippen LogP contribution < -0.4 is 10.6 Å². The maximum Gasteiger partial charge on any atom is 0.253 e. The van der Waals surface area contributed by atoms with Crippen LogP contribution in [0, 0.1) is 5.92 Å². The molecule has 0 radical (unpaired) electrons. The predicted octanol–water partition coefficient (Wildman–Crippen LogP) is 2.22. The molecule has 1 fully saturated rings. The van der Waals surface area contributed by atoms with Crippen LogP contribution in [0.1, 0.15) is 23.2 Å². The lowest BCUT2D eigenvalue weighted by Crippen LogP contribution is -2.40. The molecule has 0 saturated carbocycles. The lowest BCUT2D eigenvalue weighted by atomic mass is 9.96. The number of likely N-dealkylation sites (tertiary alicyclic amines) is 1. The van der Waals surface area contributed by atoms with Crippen molar-refractivity contribution in [1.82, 2.24) is 10.2 Å². The molecular weight excluding hydrogens is 334 g/mol. The number of carbonyl (C=O) groups is 2. The number of hydrogen-bond donors (Lipinski definition) is 2. The molecule has 7 heteroatoms. The summed E-state index contributed by atoms with van der Waals surface area (Å²) in [4.78, 5) is 27.0.